The molecule has 0 heterocycles. The number of thioether (sulfide) groups is 1. The van der Waals surface area contributed by atoms with E-state index in [-0.39, 0.29) is 12.2 Å². The van der Waals surface area contributed by atoms with Crippen LogP contribution in [0.15, 0.2) is 18.2 Å². The Morgan fingerprint density at radius 2 is 1.95 bits per heavy atom. The summed E-state index contributed by atoms with van der Waals surface area (Å²) in [6.45, 7) is 0. The number of para-hydroxylation sites is 1. The Morgan fingerprint density at radius 3 is 2.50 bits per heavy atom. The molecule has 1 rings (SSSR count). The Morgan fingerprint density at radius 1 is 1.35 bits per heavy atom. The van der Waals surface area contributed by atoms with Gasteiger partial charge >= 0.3 is 5.97 Å². The number of benzene rings is 1. The number of halogens is 2. The molecule has 4 N–H and O–H groups in total. The van der Waals surface area contributed by atoms with Crippen LogP contribution in [0.2, 0.25) is 0 Å². The molecular weight excluding hydrogens is 290 g/mol. The van der Waals surface area contributed by atoms with Crippen molar-refractivity contribution in [3.63, 3.8) is 0 Å². The molecule has 1 aromatic carbocycles. The van der Waals surface area contributed by atoms with Crippen molar-refractivity contribution < 1.29 is 23.5 Å². The predicted molar refractivity (Wildman–Crippen MR) is 72.5 cm³/mol. The second-order valence-corrected chi connectivity index (χ2v) is 5.04. The average Bonchev–Trinajstić information content (AvgIpc) is 2.38. The van der Waals surface area contributed by atoms with Gasteiger partial charge in [-0.05, 0) is 24.3 Å². The minimum Gasteiger partial charge on any atom is -0.480 e. The van der Waals surface area contributed by atoms with Gasteiger partial charge in [0.1, 0.15) is 23.4 Å². The van der Waals surface area contributed by atoms with E-state index >= 15 is 0 Å². The highest BCUT2D eigenvalue weighted by Gasteiger charge is 2.13. The van der Waals surface area contributed by atoms with Crippen LogP contribution in [0.5, 0.6) is 0 Å². The number of carbonyl (C=O) groups is 2. The number of rotatable bonds is 7. The molecule has 8 heteroatoms. The third kappa shape index (κ3) is 5.14. The van der Waals surface area contributed by atoms with E-state index in [4.69, 9.17) is 10.8 Å². The molecule has 0 saturated heterocycles. The maximum atomic E-state index is 13.3. The van der Waals surface area contributed by atoms with E-state index < -0.39 is 35.2 Å². The van der Waals surface area contributed by atoms with Crippen LogP contribution in [0.25, 0.3) is 0 Å². The minimum absolute atomic E-state index is 0.0416. The van der Waals surface area contributed by atoms with E-state index in [9.17, 15) is 18.4 Å². The lowest BCUT2D eigenvalue weighted by atomic mass is 10.2. The van der Waals surface area contributed by atoms with E-state index in [1.807, 2.05) is 0 Å². The first kappa shape index (κ1) is 16.4. The number of carboxylic acid groups (broad SMARTS) is 1. The summed E-state index contributed by atoms with van der Waals surface area (Å²) in [6.07, 6.45) is 0.210. The zero-order valence-corrected chi connectivity index (χ0v) is 11.3. The van der Waals surface area contributed by atoms with Gasteiger partial charge in [-0.25, -0.2) is 8.78 Å². The molecule has 1 aromatic rings. The highest BCUT2D eigenvalue weighted by atomic mass is 32.2. The van der Waals surface area contributed by atoms with Crippen molar-refractivity contribution in [1.29, 1.82) is 0 Å². The molecule has 5 nitrogen and oxygen atoms in total. The van der Waals surface area contributed by atoms with Crippen LogP contribution in [0.3, 0.4) is 0 Å². The third-order valence-electron chi connectivity index (χ3n) is 2.35. The van der Waals surface area contributed by atoms with Crippen LogP contribution in [-0.4, -0.2) is 34.5 Å². The fraction of sp³-hybridized carbons (Fsp3) is 0.333. The van der Waals surface area contributed by atoms with Gasteiger partial charge in [0.2, 0.25) is 5.91 Å². The maximum Gasteiger partial charge on any atom is 0.320 e. The molecule has 0 bridgehead atoms. The van der Waals surface area contributed by atoms with Crippen molar-refractivity contribution in [3.8, 4) is 0 Å². The summed E-state index contributed by atoms with van der Waals surface area (Å²) in [5, 5.41) is 10.7. The Hall–Kier alpha value is -1.67. The maximum absolute atomic E-state index is 13.3. The number of aliphatic carboxylic acids is 1. The molecule has 0 fully saturated rings. The van der Waals surface area contributed by atoms with Crippen LogP contribution < -0.4 is 11.1 Å². The molecule has 0 aliphatic heterocycles. The first-order valence-electron chi connectivity index (χ1n) is 5.71. The predicted octanol–water partition coefficient (Wildman–Crippen LogP) is 1.44. The van der Waals surface area contributed by atoms with Gasteiger partial charge in [-0.3, -0.25) is 9.59 Å². The number of nitrogens with one attached hydrogen (secondary N) is 1. The van der Waals surface area contributed by atoms with Gasteiger partial charge in [0.15, 0.2) is 0 Å². The van der Waals surface area contributed by atoms with Crippen LogP contribution >= 0.6 is 11.8 Å². The van der Waals surface area contributed by atoms with Gasteiger partial charge in [0.05, 0.1) is 5.75 Å². The summed E-state index contributed by atoms with van der Waals surface area (Å²) < 4.78 is 26.5. The van der Waals surface area contributed by atoms with Gasteiger partial charge in [0, 0.05) is 0 Å². The van der Waals surface area contributed by atoms with Crippen molar-refractivity contribution in [3.05, 3.63) is 29.8 Å². The SMILES string of the molecule is NC(CCSCC(=O)Nc1c(F)cccc1F)C(=O)O. The molecule has 0 aliphatic rings. The molecule has 1 atom stereocenters. The minimum atomic E-state index is -1.11. The number of anilines is 1. The normalized spacial score (nSPS) is 11.9. The second kappa shape index (κ2) is 7.81. The van der Waals surface area contributed by atoms with Crippen molar-refractivity contribution >= 4 is 29.3 Å². The van der Waals surface area contributed by atoms with E-state index in [1.54, 1.807) is 0 Å². The van der Waals surface area contributed by atoms with Crippen LogP contribution in [0.4, 0.5) is 14.5 Å². The van der Waals surface area contributed by atoms with Gasteiger partial charge in [-0.15, -0.1) is 0 Å². The third-order valence-corrected chi connectivity index (χ3v) is 3.34. The second-order valence-electron chi connectivity index (χ2n) is 3.93. The smallest absolute Gasteiger partial charge is 0.320 e. The number of carbonyl (C=O) groups excluding carboxylic acids is 1. The van der Waals surface area contributed by atoms with Crippen molar-refractivity contribution in [2.45, 2.75) is 12.5 Å². The molecule has 0 aromatic heterocycles. The number of hydrogen-bond donors (Lipinski definition) is 3. The fourth-order valence-corrected chi connectivity index (χ4v) is 2.11. The highest BCUT2D eigenvalue weighted by Crippen LogP contribution is 2.18. The summed E-state index contributed by atoms with van der Waals surface area (Å²) >= 11 is 1.14. The van der Waals surface area contributed by atoms with Gasteiger partial charge < -0.3 is 16.2 Å². The molecule has 0 radical (unpaired) electrons. The van der Waals surface area contributed by atoms with Gasteiger partial charge in [-0.1, -0.05) is 6.07 Å². The first-order chi connectivity index (χ1) is 9.41. The fourth-order valence-electron chi connectivity index (χ4n) is 1.29. The molecule has 0 saturated carbocycles. The quantitative estimate of drug-likeness (QED) is 0.663. The topological polar surface area (TPSA) is 92.4 Å². The Balaban J connectivity index is 2.36. The average molecular weight is 304 g/mol. The Kier molecular flexibility index (Phi) is 6.40. The first-order valence-corrected chi connectivity index (χ1v) is 6.87. The monoisotopic (exact) mass is 304 g/mol. The van der Waals surface area contributed by atoms with E-state index in [2.05, 4.69) is 5.32 Å². The lowest BCUT2D eigenvalue weighted by molar-refractivity contribution is -0.138. The molecule has 1 unspecified atom stereocenters. The Bertz CT molecular complexity index is 479. The van der Waals surface area contributed by atoms with Crippen molar-refractivity contribution in [1.82, 2.24) is 0 Å². The molecule has 1 amide bonds. The lowest BCUT2D eigenvalue weighted by Crippen LogP contribution is -2.30. The zero-order valence-electron chi connectivity index (χ0n) is 10.4. The number of hydrogen-bond acceptors (Lipinski definition) is 4. The van der Waals surface area contributed by atoms with Crippen molar-refractivity contribution in [2.24, 2.45) is 5.73 Å². The highest BCUT2D eigenvalue weighted by molar-refractivity contribution is 7.99. The summed E-state index contributed by atoms with van der Waals surface area (Å²) in [7, 11) is 0. The lowest BCUT2D eigenvalue weighted by Gasteiger charge is -2.08. The van der Waals surface area contributed by atoms with Gasteiger partial charge in [-0.2, -0.15) is 11.8 Å². The Labute approximate surface area is 118 Å². The van der Waals surface area contributed by atoms with E-state index in [0.29, 0.717) is 5.75 Å². The number of amides is 1. The van der Waals surface area contributed by atoms with Crippen molar-refractivity contribution in [2.75, 3.05) is 16.8 Å². The molecule has 0 spiro atoms. The molecular formula is C12H14F2N2O3S. The summed E-state index contributed by atoms with van der Waals surface area (Å²) in [5.41, 5.74) is 4.80. The summed E-state index contributed by atoms with van der Waals surface area (Å²) in [4.78, 5) is 21.9. The molecule has 20 heavy (non-hydrogen) atoms. The molecule has 0 aliphatic carbocycles. The number of nitrogens with two attached hydrogens (primary N) is 1. The summed E-state index contributed by atoms with van der Waals surface area (Å²) in [5.74, 6) is -3.06. The zero-order chi connectivity index (χ0) is 15.1. The summed E-state index contributed by atoms with van der Waals surface area (Å²) in [6, 6.07) is 2.30. The van der Waals surface area contributed by atoms with Crippen LogP contribution in [-0.2, 0) is 9.59 Å². The van der Waals surface area contributed by atoms with Gasteiger partial charge in [0.25, 0.3) is 0 Å². The van der Waals surface area contributed by atoms with E-state index in [0.717, 1.165) is 23.9 Å². The van der Waals surface area contributed by atoms with Crippen LogP contribution in [0, 0.1) is 11.6 Å². The standard InChI is InChI=1S/C12H14F2N2O3S/c13-7-2-1-3-8(14)11(7)16-10(17)6-20-5-4-9(15)12(18)19/h1-3,9H,4-6,15H2,(H,16,17)(H,18,19). The number of carboxylic acids is 1. The van der Waals surface area contributed by atoms with E-state index in [1.165, 1.54) is 6.07 Å². The largest absolute Gasteiger partial charge is 0.480 e. The molecule has 110 valence electrons. The van der Waals surface area contributed by atoms with Crippen LogP contribution in [0.1, 0.15) is 6.42 Å².